The minimum absolute atomic E-state index is 0.301. The molecular weight excluding hydrogens is 339 g/mol. The zero-order valence-electron chi connectivity index (χ0n) is 10.2. The Morgan fingerprint density at radius 1 is 1.10 bits per heavy atom. The largest absolute Gasteiger partial charge is 0.573 e. The molecule has 0 atom stereocenters. The summed E-state index contributed by atoms with van der Waals surface area (Å²) in [5.74, 6) is 0.425. The number of aromatic nitrogens is 1. The molecule has 0 N–H and O–H groups in total. The van der Waals surface area contributed by atoms with Crippen molar-refractivity contribution in [3.63, 3.8) is 0 Å². The molecule has 106 valence electrons. The number of ether oxygens (including phenoxy) is 2. The summed E-state index contributed by atoms with van der Waals surface area (Å²) in [5, 5.41) is 0. The third-order valence-corrected chi connectivity index (χ3v) is 3.13. The smallest absolute Gasteiger partial charge is 0.439 e. The first-order valence-electron chi connectivity index (χ1n) is 5.49. The Balaban J connectivity index is 2.08. The highest BCUT2D eigenvalue weighted by Crippen LogP contribution is 2.27. The zero-order chi connectivity index (χ0) is 14.8. The van der Waals surface area contributed by atoms with Crippen LogP contribution in [0.5, 0.6) is 17.4 Å². The molecular formula is C13H9BrF3NO2. The number of hydrogen-bond donors (Lipinski definition) is 0. The van der Waals surface area contributed by atoms with Gasteiger partial charge in [0, 0.05) is 16.7 Å². The summed E-state index contributed by atoms with van der Waals surface area (Å²) in [7, 11) is 0. The van der Waals surface area contributed by atoms with Crippen LogP contribution in [0.2, 0.25) is 0 Å². The first-order valence-corrected chi connectivity index (χ1v) is 6.28. The van der Waals surface area contributed by atoms with Crippen LogP contribution >= 0.6 is 15.9 Å². The number of benzene rings is 1. The molecule has 0 aliphatic heterocycles. The highest BCUT2D eigenvalue weighted by atomic mass is 79.9. The maximum atomic E-state index is 12.0. The summed E-state index contributed by atoms with van der Waals surface area (Å²) in [6.45, 7) is 1.87. The monoisotopic (exact) mass is 347 g/mol. The van der Waals surface area contributed by atoms with Gasteiger partial charge >= 0.3 is 6.36 Å². The molecule has 3 nitrogen and oxygen atoms in total. The third-order valence-electron chi connectivity index (χ3n) is 2.30. The third kappa shape index (κ3) is 4.12. The Morgan fingerprint density at radius 2 is 1.70 bits per heavy atom. The van der Waals surface area contributed by atoms with Crippen LogP contribution in [0, 0.1) is 6.92 Å². The number of halogens is 4. The highest BCUT2D eigenvalue weighted by molar-refractivity contribution is 9.10. The second-order valence-electron chi connectivity index (χ2n) is 3.89. The second-order valence-corrected chi connectivity index (χ2v) is 4.75. The predicted octanol–water partition coefficient (Wildman–Crippen LogP) is 4.84. The Labute approximate surface area is 121 Å². The van der Waals surface area contributed by atoms with Crippen molar-refractivity contribution in [1.82, 2.24) is 4.98 Å². The van der Waals surface area contributed by atoms with Crippen LogP contribution in [0.4, 0.5) is 13.2 Å². The zero-order valence-corrected chi connectivity index (χ0v) is 11.8. The van der Waals surface area contributed by atoms with Crippen LogP contribution in [-0.4, -0.2) is 11.3 Å². The van der Waals surface area contributed by atoms with Crippen LogP contribution in [0.25, 0.3) is 0 Å². The van der Waals surface area contributed by atoms with Crippen molar-refractivity contribution < 1.29 is 22.6 Å². The summed E-state index contributed by atoms with van der Waals surface area (Å²) < 4.78 is 46.1. The first kappa shape index (κ1) is 14.6. The van der Waals surface area contributed by atoms with Gasteiger partial charge in [-0.1, -0.05) is 0 Å². The maximum absolute atomic E-state index is 12.0. The molecule has 1 aromatic carbocycles. The SMILES string of the molecule is Cc1cc(Oc2ccc(OC(F)(F)F)cc2)ncc1Br. The Kier molecular flexibility index (Phi) is 4.17. The van der Waals surface area contributed by atoms with E-state index in [0.717, 1.165) is 10.0 Å². The molecule has 0 bridgehead atoms. The van der Waals surface area contributed by atoms with Gasteiger partial charge in [0.15, 0.2) is 0 Å². The van der Waals surface area contributed by atoms with Gasteiger partial charge in [0.25, 0.3) is 0 Å². The number of alkyl halides is 3. The minimum atomic E-state index is -4.70. The molecule has 0 aliphatic carbocycles. The fourth-order valence-corrected chi connectivity index (χ4v) is 1.62. The van der Waals surface area contributed by atoms with Crippen LogP contribution in [0.1, 0.15) is 5.56 Å². The van der Waals surface area contributed by atoms with E-state index in [-0.39, 0.29) is 5.75 Å². The maximum Gasteiger partial charge on any atom is 0.573 e. The quantitative estimate of drug-likeness (QED) is 0.795. The number of nitrogens with zero attached hydrogens (tertiary/aromatic N) is 1. The van der Waals surface area contributed by atoms with Crippen molar-refractivity contribution in [2.45, 2.75) is 13.3 Å². The number of aryl methyl sites for hydroxylation is 1. The van der Waals surface area contributed by atoms with E-state index in [9.17, 15) is 13.2 Å². The summed E-state index contributed by atoms with van der Waals surface area (Å²) in [5.41, 5.74) is 0.937. The van der Waals surface area contributed by atoms with Gasteiger partial charge in [-0.15, -0.1) is 13.2 Å². The molecule has 0 amide bonds. The van der Waals surface area contributed by atoms with Gasteiger partial charge < -0.3 is 9.47 Å². The molecule has 2 rings (SSSR count). The van der Waals surface area contributed by atoms with Crippen molar-refractivity contribution in [2.24, 2.45) is 0 Å². The first-order chi connectivity index (χ1) is 9.33. The molecule has 0 saturated carbocycles. The Hall–Kier alpha value is -1.76. The Morgan fingerprint density at radius 3 is 2.25 bits per heavy atom. The molecule has 2 aromatic rings. The average Bonchev–Trinajstić information content (AvgIpc) is 2.35. The van der Waals surface area contributed by atoms with Crippen molar-refractivity contribution in [3.8, 4) is 17.4 Å². The van der Waals surface area contributed by atoms with E-state index in [1.165, 1.54) is 24.3 Å². The van der Waals surface area contributed by atoms with Gasteiger partial charge in [0.2, 0.25) is 5.88 Å². The van der Waals surface area contributed by atoms with E-state index < -0.39 is 6.36 Å². The highest BCUT2D eigenvalue weighted by Gasteiger charge is 2.30. The second kappa shape index (κ2) is 5.70. The minimum Gasteiger partial charge on any atom is -0.439 e. The van der Waals surface area contributed by atoms with Crippen LogP contribution in [0.3, 0.4) is 0 Å². The lowest BCUT2D eigenvalue weighted by atomic mass is 10.3. The van der Waals surface area contributed by atoms with Crippen LogP contribution < -0.4 is 9.47 Å². The summed E-state index contributed by atoms with van der Waals surface area (Å²) in [6.07, 6.45) is -3.11. The van der Waals surface area contributed by atoms with Gasteiger partial charge in [0.1, 0.15) is 11.5 Å². The molecule has 20 heavy (non-hydrogen) atoms. The van der Waals surface area contributed by atoms with Gasteiger partial charge in [-0.3, -0.25) is 0 Å². The molecule has 0 aliphatic rings. The Bertz CT molecular complexity index is 600. The summed E-state index contributed by atoms with van der Waals surface area (Å²) in [4.78, 5) is 4.04. The number of hydrogen-bond acceptors (Lipinski definition) is 3. The molecule has 0 saturated heterocycles. The topological polar surface area (TPSA) is 31.4 Å². The van der Waals surface area contributed by atoms with E-state index in [2.05, 4.69) is 25.7 Å². The van der Waals surface area contributed by atoms with Crippen molar-refractivity contribution >= 4 is 15.9 Å². The molecule has 0 radical (unpaired) electrons. The lowest BCUT2D eigenvalue weighted by Crippen LogP contribution is -2.16. The number of pyridine rings is 1. The van der Waals surface area contributed by atoms with Gasteiger partial charge in [0.05, 0.1) is 0 Å². The molecule has 1 heterocycles. The fraction of sp³-hybridized carbons (Fsp3) is 0.154. The van der Waals surface area contributed by atoms with Crippen LogP contribution in [-0.2, 0) is 0 Å². The standard InChI is InChI=1S/C13H9BrF3NO2/c1-8-6-12(18-7-11(8)14)19-9-2-4-10(5-3-9)20-13(15,16)17/h2-7H,1H3. The normalized spacial score (nSPS) is 11.2. The van der Waals surface area contributed by atoms with Gasteiger partial charge in [-0.2, -0.15) is 0 Å². The van der Waals surface area contributed by atoms with Crippen LogP contribution in [0.15, 0.2) is 41.0 Å². The molecule has 0 spiro atoms. The lowest BCUT2D eigenvalue weighted by Gasteiger charge is -2.10. The van der Waals surface area contributed by atoms with E-state index >= 15 is 0 Å². The summed E-state index contributed by atoms with van der Waals surface area (Å²) in [6, 6.07) is 6.81. The molecule has 0 unspecified atom stereocenters. The number of rotatable bonds is 3. The summed E-state index contributed by atoms with van der Waals surface area (Å²) >= 11 is 3.31. The van der Waals surface area contributed by atoms with Crippen molar-refractivity contribution in [2.75, 3.05) is 0 Å². The van der Waals surface area contributed by atoms with Crippen molar-refractivity contribution in [1.29, 1.82) is 0 Å². The lowest BCUT2D eigenvalue weighted by molar-refractivity contribution is -0.274. The van der Waals surface area contributed by atoms with Gasteiger partial charge in [-0.05, 0) is 52.7 Å². The average molecular weight is 348 g/mol. The van der Waals surface area contributed by atoms with E-state index in [1.807, 2.05) is 6.92 Å². The fourth-order valence-electron chi connectivity index (χ4n) is 1.40. The van der Waals surface area contributed by atoms with E-state index in [4.69, 9.17) is 4.74 Å². The molecule has 7 heteroatoms. The molecule has 1 aromatic heterocycles. The van der Waals surface area contributed by atoms with E-state index in [1.54, 1.807) is 12.3 Å². The predicted molar refractivity (Wildman–Crippen MR) is 69.9 cm³/mol. The molecule has 0 fully saturated rings. The van der Waals surface area contributed by atoms with E-state index in [0.29, 0.717) is 11.6 Å². The van der Waals surface area contributed by atoms with Gasteiger partial charge in [-0.25, -0.2) is 4.98 Å². The van der Waals surface area contributed by atoms with Crippen molar-refractivity contribution in [3.05, 3.63) is 46.6 Å².